The Balaban J connectivity index is 2.03. The average Bonchev–Trinajstić information content (AvgIpc) is 2.47. The second kappa shape index (κ2) is 6.83. The van der Waals surface area contributed by atoms with Crippen molar-refractivity contribution in [3.05, 3.63) is 23.8 Å². The third-order valence-corrected chi connectivity index (χ3v) is 4.39. The first kappa shape index (κ1) is 14.2. The highest BCUT2D eigenvalue weighted by atomic mass is 16.5. The summed E-state index contributed by atoms with van der Waals surface area (Å²) in [4.78, 5) is 0. The molecule has 1 aliphatic rings. The van der Waals surface area contributed by atoms with Crippen molar-refractivity contribution >= 4 is 0 Å². The predicted octanol–water partition coefficient (Wildman–Crippen LogP) is 4.78. The van der Waals surface area contributed by atoms with Crippen LogP contribution in [0.2, 0.25) is 0 Å². The van der Waals surface area contributed by atoms with Crippen molar-refractivity contribution in [2.45, 2.75) is 51.4 Å². The van der Waals surface area contributed by atoms with Crippen LogP contribution in [0.3, 0.4) is 0 Å². The maximum atomic E-state index is 5.39. The molecule has 0 aromatic heterocycles. The Kier molecular flexibility index (Phi) is 5.12. The van der Waals surface area contributed by atoms with Gasteiger partial charge in [-0.15, -0.1) is 0 Å². The van der Waals surface area contributed by atoms with Crippen LogP contribution in [-0.4, -0.2) is 14.2 Å². The van der Waals surface area contributed by atoms with Crippen LogP contribution >= 0.6 is 0 Å². The Morgan fingerprint density at radius 3 is 2.37 bits per heavy atom. The Morgan fingerprint density at radius 1 is 1.05 bits per heavy atom. The summed E-state index contributed by atoms with van der Waals surface area (Å²) in [6.45, 7) is 2.33. The van der Waals surface area contributed by atoms with Gasteiger partial charge in [0, 0.05) is 0 Å². The zero-order chi connectivity index (χ0) is 13.7. The van der Waals surface area contributed by atoms with E-state index < -0.39 is 0 Å². The van der Waals surface area contributed by atoms with Crippen molar-refractivity contribution in [1.82, 2.24) is 0 Å². The molecule has 0 saturated heterocycles. The second-order valence-corrected chi connectivity index (χ2v) is 5.76. The lowest BCUT2D eigenvalue weighted by Crippen LogP contribution is -2.09. The van der Waals surface area contributed by atoms with Gasteiger partial charge in [-0.1, -0.05) is 45.1 Å². The predicted molar refractivity (Wildman–Crippen MR) is 79.2 cm³/mol. The molecule has 2 nitrogen and oxygen atoms in total. The van der Waals surface area contributed by atoms with Gasteiger partial charge in [-0.2, -0.15) is 0 Å². The molecule has 0 aliphatic heterocycles. The minimum absolute atomic E-state index is 0.600. The summed E-state index contributed by atoms with van der Waals surface area (Å²) < 4.78 is 10.7. The summed E-state index contributed by atoms with van der Waals surface area (Å²) in [7, 11) is 3.39. The van der Waals surface area contributed by atoms with Crippen molar-refractivity contribution < 1.29 is 9.47 Å². The molecule has 106 valence electrons. The molecule has 0 spiro atoms. The van der Waals surface area contributed by atoms with E-state index in [4.69, 9.17) is 9.47 Å². The molecule has 0 heterocycles. The van der Waals surface area contributed by atoms with Gasteiger partial charge in [0.1, 0.15) is 0 Å². The van der Waals surface area contributed by atoms with Crippen LogP contribution in [0.15, 0.2) is 18.2 Å². The van der Waals surface area contributed by atoms with E-state index in [-0.39, 0.29) is 0 Å². The van der Waals surface area contributed by atoms with Crippen LogP contribution in [0, 0.1) is 5.92 Å². The molecule has 0 radical (unpaired) electrons. The lowest BCUT2D eigenvalue weighted by molar-refractivity contribution is 0.321. The van der Waals surface area contributed by atoms with Crippen molar-refractivity contribution in [2.75, 3.05) is 14.2 Å². The number of hydrogen-bond acceptors (Lipinski definition) is 2. The standard InChI is InChI=1S/C17H26O2/c1-13(11-14-7-5-4-6-8-14)15-9-10-16(18-2)17(12-15)19-3/h9-10,12-14H,4-8,11H2,1-3H3/t13-/m0/s1. The van der Waals surface area contributed by atoms with E-state index in [1.54, 1.807) is 14.2 Å². The minimum Gasteiger partial charge on any atom is -0.493 e. The van der Waals surface area contributed by atoms with E-state index in [1.165, 1.54) is 44.1 Å². The molecule has 2 heteroatoms. The molecule has 1 aromatic carbocycles. The Hall–Kier alpha value is -1.18. The summed E-state index contributed by atoms with van der Waals surface area (Å²) in [6.07, 6.45) is 8.40. The lowest BCUT2D eigenvalue weighted by Gasteiger charge is -2.25. The highest BCUT2D eigenvalue weighted by Crippen LogP contribution is 2.36. The molecule has 0 N–H and O–H groups in total. The van der Waals surface area contributed by atoms with E-state index in [1.807, 2.05) is 6.07 Å². The van der Waals surface area contributed by atoms with Crippen LogP contribution in [0.5, 0.6) is 11.5 Å². The first-order valence-electron chi connectivity index (χ1n) is 7.46. The van der Waals surface area contributed by atoms with Gasteiger partial charge in [0.2, 0.25) is 0 Å². The largest absolute Gasteiger partial charge is 0.493 e. The number of ether oxygens (including phenoxy) is 2. The molecule has 0 amide bonds. The van der Waals surface area contributed by atoms with E-state index in [2.05, 4.69) is 19.1 Å². The topological polar surface area (TPSA) is 18.5 Å². The van der Waals surface area contributed by atoms with Crippen LogP contribution in [0.1, 0.15) is 56.9 Å². The molecule has 1 fully saturated rings. The van der Waals surface area contributed by atoms with Gasteiger partial charge in [0.25, 0.3) is 0 Å². The molecular weight excluding hydrogens is 236 g/mol. The van der Waals surface area contributed by atoms with Crippen molar-refractivity contribution in [3.63, 3.8) is 0 Å². The van der Waals surface area contributed by atoms with E-state index in [0.717, 1.165) is 17.4 Å². The maximum Gasteiger partial charge on any atom is 0.160 e. The molecular formula is C17H26O2. The van der Waals surface area contributed by atoms with Gasteiger partial charge in [-0.25, -0.2) is 0 Å². The van der Waals surface area contributed by atoms with Crippen LogP contribution in [0.4, 0.5) is 0 Å². The fourth-order valence-corrected chi connectivity index (χ4v) is 3.22. The van der Waals surface area contributed by atoms with Crippen molar-refractivity contribution in [1.29, 1.82) is 0 Å². The fraction of sp³-hybridized carbons (Fsp3) is 0.647. The van der Waals surface area contributed by atoms with Gasteiger partial charge in [0.15, 0.2) is 11.5 Å². The Morgan fingerprint density at radius 2 is 1.74 bits per heavy atom. The zero-order valence-electron chi connectivity index (χ0n) is 12.4. The number of rotatable bonds is 5. The van der Waals surface area contributed by atoms with Crippen LogP contribution < -0.4 is 9.47 Å². The SMILES string of the molecule is COc1ccc([C@@H](C)CC2CCCCC2)cc1OC. The third kappa shape index (κ3) is 3.65. The molecule has 0 unspecified atom stereocenters. The third-order valence-electron chi connectivity index (χ3n) is 4.39. The minimum atomic E-state index is 0.600. The molecule has 1 saturated carbocycles. The molecule has 2 rings (SSSR count). The summed E-state index contributed by atoms with van der Waals surface area (Å²) in [6, 6.07) is 6.33. The highest BCUT2D eigenvalue weighted by Gasteiger charge is 2.18. The smallest absolute Gasteiger partial charge is 0.160 e. The quantitative estimate of drug-likeness (QED) is 0.760. The highest BCUT2D eigenvalue weighted by molar-refractivity contribution is 5.43. The van der Waals surface area contributed by atoms with E-state index >= 15 is 0 Å². The first-order chi connectivity index (χ1) is 9.24. The van der Waals surface area contributed by atoms with E-state index in [9.17, 15) is 0 Å². The average molecular weight is 262 g/mol. The molecule has 19 heavy (non-hydrogen) atoms. The van der Waals surface area contributed by atoms with Gasteiger partial charge in [-0.05, 0) is 36.0 Å². The summed E-state index contributed by atoms with van der Waals surface area (Å²) in [5.41, 5.74) is 1.36. The van der Waals surface area contributed by atoms with E-state index in [0.29, 0.717) is 5.92 Å². The maximum absolute atomic E-state index is 5.39. The zero-order valence-corrected chi connectivity index (χ0v) is 12.4. The number of benzene rings is 1. The molecule has 1 aromatic rings. The van der Waals surface area contributed by atoms with Crippen LogP contribution in [-0.2, 0) is 0 Å². The molecule has 0 bridgehead atoms. The number of methoxy groups -OCH3 is 2. The Labute approximate surface area is 117 Å². The normalized spacial score (nSPS) is 18.1. The monoisotopic (exact) mass is 262 g/mol. The van der Waals surface area contributed by atoms with Gasteiger partial charge >= 0.3 is 0 Å². The second-order valence-electron chi connectivity index (χ2n) is 5.76. The summed E-state index contributed by atoms with van der Waals surface area (Å²) >= 11 is 0. The van der Waals surface area contributed by atoms with Gasteiger partial charge < -0.3 is 9.47 Å². The molecule has 1 aliphatic carbocycles. The Bertz CT molecular complexity index is 394. The molecule has 1 atom stereocenters. The van der Waals surface area contributed by atoms with Crippen molar-refractivity contribution in [3.8, 4) is 11.5 Å². The van der Waals surface area contributed by atoms with Gasteiger partial charge in [-0.3, -0.25) is 0 Å². The van der Waals surface area contributed by atoms with Crippen molar-refractivity contribution in [2.24, 2.45) is 5.92 Å². The van der Waals surface area contributed by atoms with Gasteiger partial charge in [0.05, 0.1) is 14.2 Å². The summed E-state index contributed by atoms with van der Waals surface area (Å²) in [5, 5.41) is 0. The first-order valence-corrected chi connectivity index (χ1v) is 7.46. The fourth-order valence-electron chi connectivity index (χ4n) is 3.22. The number of hydrogen-bond donors (Lipinski definition) is 0. The van der Waals surface area contributed by atoms with Crippen LogP contribution in [0.25, 0.3) is 0 Å². The summed E-state index contributed by atoms with van der Waals surface area (Å²) in [5.74, 6) is 3.17. The lowest BCUT2D eigenvalue weighted by atomic mass is 9.81.